The van der Waals surface area contributed by atoms with E-state index in [-0.39, 0.29) is 5.91 Å². The summed E-state index contributed by atoms with van der Waals surface area (Å²) in [6, 6.07) is 12.1. The summed E-state index contributed by atoms with van der Waals surface area (Å²) in [5, 5.41) is 2.98. The highest BCUT2D eigenvalue weighted by Gasteiger charge is 2.15. The number of hydrogen-bond acceptors (Lipinski definition) is 2. The summed E-state index contributed by atoms with van der Waals surface area (Å²) in [5.74, 6) is 0.0757. The van der Waals surface area contributed by atoms with Gasteiger partial charge in [0.25, 0.3) is 0 Å². The van der Waals surface area contributed by atoms with Gasteiger partial charge in [-0.05, 0) is 49.1 Å². The van der Waals surface area contributed by atoms with Gasteiger partial charge in [0, 0.05) is 31.2 Å². The van der Waals surface area contributed by atoms with Crippen LogP contribution >= 0.6 is 0 Å². The van der Waals surface area contributed by atoms with Gasteiger partial charge in [-0.1, -0.05) is 12.1 Å². The van der Waals surface area contributed by atoms with Crippen LogP contribution in [-0.4, -0.2) is 29.7 Å². The molecule has 1 saturated heterocycles. The zero-order valence-electron chi connectivity index (χ0n) is 12.7. The first-order valence-corrected chi connectivity index (χ1v) is 7.92. The van der Waals surface area contributed by atoms with E-state index in [1.54, 1.807) is 0 Å². The summed E-state index contributed by atoms with van der Waals surface area (Å²) in [5.41, 5.74) is 2.14. The summed E-state index contributed by atoms with van der Waals surface area (Å²) in [7, 11) is 0. The lowest BCUT2D eigenvalue weighted by Gasteiger charge is -2.10. The smallest absolute Gasteiger partial charge is 0.224 e. The van der Waals surface area contributed by atoms with Crippen LogP contribution in [0.4, 0.5) is 0 Å². The molecule has 1 N–H and O–H groups in total. The van der Waals surface area contributed by atoms with E-state index in [2.05, 4.69) is 5.32 Å². The van der Waals surface area contributed by atoms with Gasteiger partial charge in [-0.15, -0.1) is 0 Å². The second-order valence-electron chi connectivity index (χ2n) is 5.71. The Bertz CT molecular complexity index is 584. The predicted molar refractivity (Wildman–Crippen MR) is 86.1 cm³/mol. The molecule has 0 aliphatic carbocycles. The van der Waals surface area contributed by atoms with Crippen LogP contribution in [0.25, 0.3) is 5.69 Å². The second kappa shape index (κ2) is 7.27. The second-order valence-corrected chi connectivity index (χ2v) is 5.71. The fraction of sp³-hybridized carbons (Fsp3) is 0.389. The molecule has 1 aliphatic heterocycles. The Labute approximate surface area is 131 Å². The number of carbonyl (C=O) groups excluding carboxylic acids is 1. The molecule has 3 rings (SSSR count). The fourth-order valence-corrected chi connectivity index (χ4v) is 2.79. The zero-order valence-corrected chi connectivity index (χ0v) is 12.7. The van der Waals surface area contributed by atoms with E-state index in [0.29, 0.717) is 19.1 Å². The highest BCUT2D eigenvalue weighted by Crippen LogP contribution is 2.14. The molecule has 0 bridgehead atoms. The standard InChI is InChI=1S/C18H22N2O2/c21-18(19-10-9-17-4-3-13-22-17)14-15-5-7-16(8-6-15)20-11-1-2-12-20/h1-2,5-8,11-12,17H,3-4,9-10,13-14H2,(H,19,21). The Morgan fingerprint density at radius 3 is 2.68 bits per heavy atom. The van der Waals surface area contributed by atoms with Gasteiger partial charge in [0.05, 0.1) is 12.5 Å². The van der Waals surface area contributed by atoms with Gasteiger partial charge in [-0.2, -0.15) is 0 Å². The molecule has 1 atom stereocenters. The maximum Gasteiger partial charge on any atom is 0.224 e. The first-order valence-electron chi connectivity index (χ1n) is 7.92. The van der Waals surface area contributed by atoms with E-state index < -0.39 is 0 Å². The third-order valence-corrected chi connectivity index (χ3v) is 4.02. The summed E-state index contributed by atoms with van der Waals surface area (Å²) < 4.78 is 7.60. The van der Waals surface area contributed by atoms with E-state index in [1.165, 1.54) is 0 Å². The maximum atomic E-state index is 11.9. The van der Waals surface area contributed by atoms with Crippen molar-refractivity contribution < 1.29 is 9.53 Å². The van der Waals surface area contributed by atoms with Gasteiger partial charge in [0.15, 0.2) is 0 Å². The van der Waals surface area contributed by atoms with Crippen molar-refractivity contribution in [3.8, 4) is 5.69 Å². The van der Waals surface area contributed by atoms with Crippen molar-refractivity contribution in [2.45, 2.75) is 31.8 Å². The molecule has 1 aromatic carbocycles. The summed E-state index contributed by atoms with van der Waals surface area (Å²) in [6.45, 7) is 1.57. The minimum absolute atomic E-state index is 0.0757. The third kappa shape index (κ3) is 3.98. The lowest BCUT2D eigenvalue weighted by Crippen LogP contribution is -2.28. The Kier molecular flexibility index (Phi) is 4.91. The highest BCUT2D eigenvalue weighted by atomic mass is 16.5. The lowest BCUT2D eigenvalue weighted by atomic mass is 10.1. The molecule has 1 unspecified atom stereocenters. The predicted octanol–water partition coefficient (Wildman–Crippen LogP) is 2.71. The molecule has 1 aliphatic rings. The van der Waals surface area contributed by atoms with Crippen molar-refractivity contribution >= 4 is 5.91 Å². The van der Waals surface area contributed by atoms with Gasteiger partial charge < -0.3 is 14.6 Å². The number of aromatic nitrogens is 1. The van der Waals surface area contributed by atoms with Crippen molar-refractivity contribution in [1.29, 1.82) is 0 Å². The zero-order chi connectivity index (χ0) is 15.2. The molecule has 0 spiro atoms. The van der Waals surface area contributed by atoms with Crippen LogP contribution < -0.4 is 5.32 Å². The normalized spacial score (nSPS) is 17.5. The van der Waals surface area contributed by atoms with Crippen molar-refractivity contribution in [1.82, 2.24) is 9.88 Å². The SMILES string of the molecule is O=C(Cc1ccc(-n2cccc2)cc1)NCCC1CCCO1. The molecule has 2 aromatic rings. The van der Waals surface area contributed by atoms with Crippen molar-refractivity contribution in [3.63, 3.8) is 0 Å². The van der Waals surface area contributed by atoms with E-state index in [1.807, 2.05) is 53.4 Å². The number of ether oxygens (including phenoxy) is 1. The fourth-order valence-electron chi connectivity index (χ4n) is 2.79. The number of carbonyl (C=O) groups is 1. The minimum Gasteiger partial charge on any atom is -0.378 e. The first kappa shape index (κ1) is 14.9. The minimum atomic E-state index is 0.0757. The van der Waals surface area contributed by atoms with Crippen LogP contribution in [0, 0.1) is 0 Å². The number of amides is 1. The Morgan fingerprint density at radius 1 is 1.23 bits per heavy atom. The number of nitrogens with zero attached hydrogens (tertiary/aromatic N) is 1. The monoisotopic (exact) mass is 298 g/mol. The van der Waals surface area contributed by atoms with Gasteiger partial charge >= 0.3 is 0 Å². The molecule has 116 valence electrons. The number of nitrogens with one attached hydrogen (secondary N) is 1. The van der Waals surface area contributed by atoms with E-state index in [4.69, 9.17) is 4.74 Å². The highest BCUT2D eigenvalue weighted by molar-refractivity contribution is 5.78. The maximum absolute atomic E-state index is 11.9. The number of benzene rings is 1. The molecule has 4 nitrogen and oxygen atoms in total. The summed E-state index contributed by atoms with van der Waals surface area (Å²) >= 11 is 0. The Balaban J connectivity index is 1.44. The van der Waals surface area contributed by atoms with E-state index in [9.17, 15) is 4.79 Å². The van der Waals surface area contributed by atoms with Crippen LogP contribution in [0.1, 0.15) is 24.8 Å². The van der Waals surface area contributed by atoms with E-state index in [0.717, 1.165) is 37.1 Å². The van der Waals surface area contributed by atoms with Crippen LogP contribution in [0.3, 0.4) is 0 Å². The number of hydrogen-bond donors (Lipinski definition) is 1. The quantitative estimate of drug-likeness (QED) is 0.891. The molecule has 1 amide bonds. The molecule has 2 heterocycles. The van der Waals surface area contributed by atoms with Crippen molar-refractivity contribution in [2.24, 2.45) is 0 Å². The average molecular weight is 298 g/mol. The Hall–Kier alpha value is -2.07. The molecule has 0 radical (unpaired) electrons. The van der Waals surface area contributed by atoms with Crippen LogP contribution in [0.5, 0.6) is 0 Å². The van der Waals surface area contributed by atoms with E-state index >= 15 is 0 Å². The number of rotatable bonds is 6. The van der Waals surface area contributed by atoms with Gasteiger partial charge in [0.2, 0.25) is 5.91 Å². The lowest BCUT2D eigenvalue weighted by molar-refractivity contribution is -0.120. The molecular weight excluding hydrogens is 276 g/mol. The molecule has 22 heavy (non-hydrogen) atoms. The topological polar surface area (TPSA) is 43.3 Å². The van der Waals surface area contributed by atoms with Crippen molar-refractivity contribution in [2.75, 3.05) is 13.2 Å². The van der Waals surface area contributed by atoms with Gasteiger partial charge in [-0.25, -0.2) is 0 Å². The third-order valence-electron chi connectivity index (χ3n) is 4.02. The average Bonchev–Trinajstić information content (AvgIpc) is 3.21. The molecule has 0 saturated carbocycles. The summed E-state index contributed by atoms with van der Waals surface area (Å²) in [4.78, 5) is 11.9. The van der Waals surface area contributed by atoms with Crippen LogP contribution in [0.2, 0.25) is 0 Å². The molecule has 1 aromatic heterocycles. The van der Waals surface area contributed by atoms with Crippen LogP contribution in [-0.2, 0) is 16.0 Å². The first-order chi connectivity index (χ1) is 10.8. The molecule has 4 heteroatoms. The van der Waals surface area contributed by atoms with Crippen molar-refractivity contribution in [3.05, 3.63) is 54.4 Å². The van der Waals surface area contributed by atoms with Gasteiger partial charge in [0.1, 0.15) is 0 Å². The van der Waals surface area contributed by atoms with Gasteiger partial charge in [-0.3, -0.25) is 4.79 Å². The molecule has 1 fully saturated rings. The summed E-state index contributed by atoms with van der Waals surface area (Å²) in [6.07, 6.45) is 7.96. The Morgan fingerprint density at radius 2 is 2.00 bits per heavy atom. The van der Waals surface area contributed by atoms with Crippen LogP contribution in [0.15, 0.2) is 48.8 Å². The largest absolute Gasteiger partial charge is 0.378 e. The molecular formula is C18H22N2O2.